The number of hydrogen-bond donors (Lipinski definition) is 3. The summed E-state index contributed by atoms with van der Waals surface area (Å²) in [6.07, 6.45) is 0. The van der Waals surface area contributed by atoms with Crippen molar-refractivity contribution in [2.45, 2.75) is 32.0 Å². The molecule has 0 aliphatic carbocycles. The molecule has 14 heavy (non-hydrogen) atoms. The van der Waals surface area contributed by atoms with Crippen molar-refractivity contribution < 1.29 is 9.90 Å². The molecule has 5 nitrogen and oxygen atoms in total. The van der Waals surface area contributed by atoms with E-state index in [9.17, 15) is 4.79 Å². The molecular weight excluding hydrogens is 182 g/mol. The molecule has 1 heterocycles. The van der Waals surface area contributed by atoms with Crippen molar-refractivity contribution >= 4 is 5.97 Å². The van der Waals surface area contributed by atoms with E-state index in [0.717, 1.165) is 13.1 Å². The van der Waals surface area contributed by atoms with Crippen molar-refractivity contribution in [1.82, 2.24) is 10.2 Å². The van der Waals surface area contributed by atoms with Crippen LogP contribution >= 0.6 is 0 Å². The zero-order valence-electron chi connectivity index (χ0n) is 8.73. The predicted molar refractivity (Wildman–Crippen MR) is 54.1 cm³/mol. The van der Waals surface area contributed by atoms with Gasteiger partial charge in [-0.1, -0.05) is 0 Å². The maximum absolute atomic E-state index is 10.6. The Labute approximate surface area is 84.3 Å². The third-order valence-corrected chi connectivity index (χ3v) is 2.64. The van der Waals surface area contributed by atoms with E-state index < -0.39 is 12.0 Å². The summed E-state index contributed by atoms with van der Waals surface area (Å²) in [5, 5.41) is 12.0. The molecule has 3 atom stereocenters. The number of carboxylic acid groups (broad SMARTS) is 1. The third kappa shape index (κ3) is 2.94. The van der Waals surface area contributed by atoms with Gasteiger partial charge in [-0.3, -0.25) is 9.69 Å². The monoisotopic (exact) mass is 201 g/mol. The molecule has 0 amide bonds. The molecule has 4 N–H and O–H groups in total. The number of rotatable bonds is 3. The van der Waals surface area contributed by atoms with Crippen LogP contribution in [0.3, 0.4) is 0 Å². The van der Waals surface area contributed by atoms with Crippen LogP contribution in [0.2, 0.25) is 0 Å². The maximum Gasteiger partial charge on any atom is 0.321 e. The van der Waals surface area contributed by atoms with Gasteiger partial charge in [-0.2, -0.15) is 0 Å². The van der Waals surface area contributed by atoms with Gasteiger partial charge in [-0.15, -0.1) is 0 Å². The molecule has 1 saturated heterocycles. The average molecular weight is 201 g/mol. The molecular formula is C9H19N3O2. The smallest absolute Gasteiger partial charge is 0.321 e. The number of nitrogens with one attached hydrogen (secondary N) is 1. The summed E-state index contributed by atoms with van der Waals surface area (Å²) in [4.78, 5) is 12.7. The van der Waals surface area contributed by atoms with E-state index in [1.54, 1.807) is 0 Å². The molecule has 1 aliphatic heterocycles. The van der Waals surface area contributed by atoms with Gasteiger partial charge in [0, 0.05) is 31.7 Å². The van der Waals surface area contributed by atoms with Gasteiger partial charge in [0.25, 0.3) is 0 Å². The van der Waals surface area contributed by atoms with Crippen molar-refractivity contribution in [1.29, 1.82) is 0 Å². The zero-order chi connectivity index (χ0) is 10.7. The summed E-state index contributed by atoms with van der Waals surface area (Å²) in [5.74, 6) is -0.927. The Balaban J connectivity index is 2.45. The lowest BCUT2D eigenvalue weighted by Crippen LogP contribution is -2.57. The summed E-state index contributed by atoms with van der Waals surface area (Å²) in [6, 6.07) is -0.00783. The van der Waals surface area contributed by atoms with E-state index in [0.29, 0.717) is 18.6 Å². The van der Waals surface area contributed by atoms with Gasteiger partial charge in [-0.25, -0.2) is 0 Å². The molecule has 1 fully saturated rings. The Kier molecular flexibility index (Phi) is 3.86. The van der Waals surface area contributed by atoms with Gasteiger partial charge in [0.2, 0.25) is 0 Å². The Bertz CT molecular complexity index is 210. The minimum absolute atomic E-state index is 0.358. The minimum Gasteiger partial charge on any atom is -0.480 e. The lowest BCUT2D eigenvalue weighted by atomic mass is 10.1. The fraction of sp³-hybridized carbons (Fsp3) is 0.889. The summed E-state index contributed by atoms with van der Waals surface area (Å²) >= 11 is 0. The van der Waals surface area contributed by atoms with Gasteiger partial charge in [0.15, 0.2) is 0 Å². The Morgan fingerprint density at radius 3 is 2.93 bits per heavy atom. The molecule has 0 aromatic carbocycles. The Morgan fingerprint density at radius 2 is 2.36 bits per heavy atom. The van der Waals surface area contributed by atoms with Crippen LogP contribution in [-0.4, -0.2) is 53.7 Å². The molecule has 0 aromatic rings. The first kappa shape index (κ1) is 11.4. The van der Waals surface area contributed by atoms with Gasteiger partial charge in [0.1, 0.15) is 6.04 Å². The maximum atomic E-state index is 10.6. The van der Waals surface area contributed by atoms with E-state index in [-0.39, 0.29) is 0 Å². The highest BCUT2D eigenvalue weighted by molar-refractivity contribution is 5.73. The SMILES string of the molecule is CC1CN(CC(N)C(=O)O)C(C)CN1. The number of hydrogen-bond acceptors (Lipinski definition) is 4. The van der Waals surface area contributed by atoms with Crippen molar-refractivity contribution in [3.8, 4) is 0 Å². The third-order valence-electron chi connectivity index (χ3n) is 2.64. The first-order chi connectivity index (χ1) is 6.50. The second-order valence-electron chi connectivity index (χ2n) is 4.06. The Hall–Kier alpha value is -0.650. The summed E-state index contributed by atoms with van der Waals surface area (Å²) in [5.41, 5.74) is 5.49. The lowest BCUT2D eigenvalue weighted by Gasteiger charge is -2.38. The molecule has 0 saturated carbocycles. The van der Waals surface area contributed by atoms with Crippen LogP contribution in [0.25, 0.3) is 0 Å². The molecule has 5 heteroatoms. The van der Waals surface area contributed by atoms with E-state index in [2.05, 4.69) is 24.1 Å². The fourth-order valence-corrected chi connectivity index (χ4v) is 1.68. The molecule has 3 unspecified atom stereocenters. The largest absolute Gasteiger partial charge is 0.480 e. The average Bonchev–Trinajstić information content (AvgIpc) is 2.11. The number of carboxylic acids is 1. The summed E-state index contributed by atoms with van der Waals surface area (Å²) in [7, 11) is 0. The normalized spacial score (nSPS) is 31.4. The van der Waals surface area contributed by atoms with Crippen LogP contribution < -0.4 is 11.1 Å². The molecule has 0 aromatic heterocycles. The van der Waals surface area contributed by atoms with Crippen LogP contribution in [0.5, 0.6) is 0 Å². The highest BCUT2D eigenvalue weighted by Crippen LogP contribution is 2.06. The number of nitrogens with zero attached hydrogens (tertiary/aromatic N) is 1. The second-order valence-corrected chi connectivity index (χ2v) is 4.06. The number of piperazine rings is 1. The molecule has 0 bridgehead atoms. The highest BCUT2D eigenvalue weighted by Gasteiger charge is 2.25. The first-order valence-electron chi connectivity index (χ1n) is 4.96. The number of carbonyl (C=O) groups is 1. The topological polar surface area (TPSA) is 78.6 Å². The van der Waals surface area contributed by atoms with Gasteiger partial charge in [0.05, 0.1) is 0 Å². The van der Waals surface area contributed by atoms with Gasteiger partial charge in [-0.05, 0) is 13.8 Å². The van der Waals surface area contributed by atoms with Crippen LogP contribution in [0.4, 0.5) is 0 Å². The number of aliphatic carboxylic acids is 1. The van der Waals surface area contributed by atoms with E-state index >= 15 is 0 Å². The highest BCUT2D eigenvalue weighted by atomic mass is 16.4. The van der Waals surface area contributed by atoms with Crippen LogP contribution in [0.15, 0.2) is 0 Å². The summed E-state index contributed by atoms with van der Waals surface area (Å²) in [6.45, 7) is 6.36. The second kappa shape index (κ2) is 4.72. The van der Waals surface area contributed by atoms with Gasteiger partial charge >= 0.3 is 5.97 Å². The Morgan fingerprint density at radius 1 is 1.71 bits per heavy atom. The van der Waals surface area contributed by atoms with Crippen LogP contribution in [0, 0.1) is 0 Å². The molecule has 0 spiro atoms. The predicted octanol–water partition coefficient (Wildman–Crippen LogP) is -0.919. The van der Waals surface area contributed by atoms with Crippen molar-refractivity contribution in [2.75, 3.05) is 19.6 Å². The van der Waals surface area contributed by atoms with Gasteiger partial charge < -0.3 is 16.2 Å². The van der Waals surface area contributed by atoms with Crippen LogP contribution in [-0.2, 0) is 4.79 Å². The minimum atomic E-state index is -0.927. The fourth-order valence-electron chi connectivity index (χ4n) is 1.68. The van der Waals surface area contributed by atoms with Crippen molar-refractivity contribution in [3.63, 3.8) is 0 Å². The molecule has 1 rings (SSSR count). The van der Waals surface area contributed by atoms with E-state index in [1.165, 1.54) is 0 Å². The standard InChI is InChI=1S/C9H19N3O2/c1-6-4-12(7(2)3-11-6)5-8(10)9(13)14/h6-8,11H,3-5,10H2,1-2H3,(H,13,14). The van der Waals surface area contributed by atoms with Crippen molar-refractivity contribution in [3.05, 3.63) is 0 Å². The first-order valence-corrected chi connectivity index (χ1v) is 4.96. The van der Waals surface area contributed by atoms with E-state index in [4.69, 9.17) is 10.8 Å². The van der Waals surface area contributed by atoms with Crippen LogP contribution in [0.1, 0.15) is 13.8 Å². The quantitative estimate of drug-likeness (QED) is 0.550. The molecule has 0 radical (unpaired) electrons. The molecule has 1 aliphatic rings. The molecule has 82 valence electrons. The van der Waals surface area contributed by atoms with Crippen molar-refractivity contribution in [2.24, 2.45) is 5.73 Å². The summed E-state index contributed by atoms with van der Waals surface area (Å²) < 4.78 is 0. The van der Waals surface area contributed by atoms with E-state index in [1.807, 2.05) is 0 Å². The zero-order valence-corrected chi connectivity index (χ0v) is 8.73. The number of nitrogens with two attached hydrogens (primary N) is 1. The lowest BCUT2D eigenvalue weighted by molar-refractivity contribution is -0.139.